The number of primary amides is 1. The maximum Gasteiger partial charge on any atom is 0.284 e. The number of nitrogens with two attached hydrogens (primary N) is 1. The van der Waals surface area contributed by atoms with Crippen LogP contribution < -0.4 is 5.73 Å². The molecule has 2 heterocycles. The summed E-state index contributed by atoms with van der Waals surface area (Å²) in [6, 6.07) is 2.78. The number of ether oxygens (including phenoxy) is 1. The largest absolute Gasteiger partial charge is 0.453 e. The third-order valence-electron chi connectivity index (χ3n) is 2.69. The Hall–Kier alpha value is -1.41. The van der Waals surface area contributed by atoms with E-state index in [-0.39, 0.29) is 11.5 Å². The third-order valence-corrected chi connectivity index (χ3v) is 2.69. The Morgan fingerprint density at radius 3 is 2.53 bits per heavy atom. The molecule has 94 valence electrons. The van der Waals surface area contributed by atoms with Crippen LogP contribution in [-0.4, -0.2) is 46.1 Å². The normalized spacial score (nSPS) is 32.9. The van der Waals surface area contributed by atoms with Crippen molar-refractivity contribution in [3.8, 4) is 0 Å². The molecular weight excluding hydrogens is 230 g/mol. The van der Waals surface area contributed by atoms with Crippen LogP contribution in [0.25, 0.3) is 0 Å². The summed E-state index contributed by atoms with van der Waals surface area (Å²) in [7, 11) is 0. The summed E-state index contributed by atoms with van der Waals surface area (Å²) in [5.41, 5.74) is 5.02. The number of carbonyl (C=O) groups excluding carboxylic acids is 1. The summed E-state index contributed by atoms with van der Waals surface area (Å²) in [5.74, 6) is -0.609. The smallest absolute Gasteiger partial charge is 0.284 e. The van der Waals surface area contributed by atoms with Gasteiger partial charge in [-0.25, -0.2) is 0 Å². The number of aliphatic hydroxyl groups excluding tert-OH is 3. The van der Waals surface area contributed by atoms with Gasteiger partial charge in [-0.1, -0.05) is 0 Å². The quantitative estimate of drug-likeness (QED) is 0.513. The Kier molecular flexibility index (Phi) is 3.16. The zero-order valence-electron chi connectivity index (χ0n) is 8.81. The van der Waals surface area contributed by atoms with E-state index in [4.69, 9.17) is 20.0 Å². The van der Waals surface area contributed by atoms with Crippen LogP contribution in [0.4, 0.5) is 0 Å². The van der Waals surface area contributed by atoms with Gasteiger partial charge in [0.2, 0.25) is 0 Å². The van der Waals surface area contributed by atoms with Crippen LogP contribution in [0, 0.1) is 0 Å². The molecule has 1 aromatic heterocycles. The van der Waals surface area contributed by atoms with E-state index in [9.17, 15) is 15.0 Å². The molecule has 2 rings (SSSR count). The van der Waals surface area contributed by atoms with Crippen molar-refractivity contribution in [2.75, 3.05) is 6.61 Å². The number of carbonyl (C=O) groups is 1. The summed E-state index contributed by atoms with van der Waals surface area (Å²) < 4.78 is 10.3. The SMILES string of the molecule is NC(=O)c1ccc([C@@H]2O[C@H](CO)[C@@H](O)[C@H]2O)o1. The van der Waals surface area contributed by atoms with Gasteiger partial charge in [0.05, 0.1) is 6.61 Å². The summed E-state index contributed by atoms with van der Waals surface area (Å²) in [6.45, 7) is -0.419. The van der Waals surface area contributed by atoms with Crippen LogP contribution in [0.2, 0.25) is 0 Å². The van der Waals surface area contributed by atoms with Gasteiger partial charge in [-0.2, -0.15) is 0 Å². The average Bonchev–Trinajstić information content (AvgIpc) is 2.87. The predicted molar refractivity (Wildman–Crippen MR) is 53.9 cm³/mol. The average molecular weight is 243 g/mol. The molecule has 0 radical (unpaired) electrons. The second-order valence-corrected chi connectivity index (χ2v) is 3.83. The lowest BCUT2D eigenvalue weighted by Crippen LogP contribution is -2.32. The Morgan fingerprint density at radius 2 is 2.06 bits per heavy atom. The van der Waals surface area contributed by atoms with Crippen LogP contribution in [0.5, 0.6) is 0 Å². The minimum absolute atomic E-state index is 0.0576. The Balaban J connectivity index is 2.19. The fraction of sp³-hybridized carbons (Fsp3) is 0.500. The Morgan fingerprint density at radius 1 is 1.35 bits per heavy atom. The summed E-state index contributed by atoms with van der Waals surface area (Å²) >= 11 is 0. The molecule has 1 aliphatic rings. The molecule has 7 heteroatoms. The van der Waals surface area contributed by atoms with Gasteiger partial charge in [0.15, 0.2) is 5.76 Å². The number of hydrogen-bond acceptors (Lipinski definition) is 6. The van der Waals surface area contributed by atoms with E-state index in [1.807, 2.05) is 0 Å². The minimum atomic E-state index is -1.22. The molecular formula is C10H13NO6. The lowest BCUT2D eigenvalue weighted by Gasteiger charge is -2.11. The highest BCUT2D eigenvalue weighted by Crippen LogP contribution is 2.34. The molecule has 1 amide bonds. The standard InChI is InChI=1S/C10H13NO6/c11-10(15)5-2-1-4(16-5)9-8(14)7(13)6(3-12)17-9/h1-2,6-9,12-14H,3H2,(H2,11,15)/t6-,7-,8-,9+/m1/s1. The van der Waals surface area contributed by atoms with Crippen LogP contribution in [-0.2, 0) is 4.74 Å². The van der Waals surface area contributed by atoms with Crippen LogP contribution in [0.1, 0.15) is 22.4 Å². The van der Waals surface area contributed by atoms with E-state index in [1.54, 1.807) is 0 Å². The van der Waals surface area contributed by atoms with Crippen molar-refractivity contribution in [3.05, 3.63) is 23.7 Å². The first kappa shape index (κ1) is 12.1. The molecule has 0 saturated carbocycles. The topological polar surface area (TPSA) is 126 Å². The molecule has 1 saturated heterocycles. The van der Waals surface area contributed by atoms with Crippen molar-refractivity contribution < 1.29 is 29.3 Å². The van der Waals surface area contributed by atoms with Crippen LogP contribution in [0.15, 0.2) is 16.5 Å². The van der Waals surface area contributed by atoms with Crippen LogP contribution in [0.3, 0.4) is 0 Å². The molecule has 0 aromatic carbocycles. The molecule has 1 aromatic rings. The van der Waals surface area contributed by atoms with Gasteiger partial charge in [0.25, 0.3) is 5.91 Å². The third kappa shape index (κ3) is 2.05. The molecule has 5 N–H and O–H groups in total. The van der Waals surface area contributed by atoms with Crippen molar-refractivity contribution in [3.63, 3.8) is 0 Å². The molecule has 1 aliphatic heterocycles. The number of amides is 1. The number of hydrogen-bond donors (Lipinski definition) is 4. The van der Waals surface area contributed by atoms with Crippen molar-refractivity contribution in [2.24, 2.45) is 5.73 Å². The number of aliphatic hydroxyl groups is 3. The Bertz CT molecular complexity index is 417. The lowest BCUT2D eigenvalue weighted by molar-refractivity contribution is -0.0292. The molecule has 7 nitrogen and oxygen atoms in total. The lowest BCUT2D eigenvalue weighted by atomic mass is 10.1. The van der Waals surface area contributed by atoms with Gasteiger partial charge in [-0.3, -0.25) is 4.79 Å². The van der Waals surface area contributed by atoms with Gasteiger partial charge in [-0.15, -0.1) is 0 Å². The van der Waals surface area contributed by atoms with Crippen molar-refractivity contribution in [1.29, 1.82) is 0 Å². The van der Waals surface area contributed by atoms with Gasteiger partial charge in [0.1, 0.15) is 30.2 Å². The van der Waals surface area contributed by atoms with Gasteiger partial charge >= 0.3 is 0 Å². The van der Waals surface area contributed by atoms with Crippen molar-refractivity contribution >= 4 is 5.91 Å². The highest BCUT2D eigenvalue weighted by molar-refractivity contribution is 5.89. The zero-order valence-corrected chi connectivity index (χ0v) is 8.81. The fourth-order valence-corrected chi connectivity index (χ4v) is 1.77. The summed E-state index contributed by atoms with van der Waals surface area (Å²) in [4.78, 5) is 10.8. The number of rotatable bonds is 3. The summed E-state index contributed by atoms with van der Waals surface area (Å²) in [6.07, 6.45) is -4.22. The van der Waals surface area contributed by atoms with E-state index in [1.165, 1.54) is 12.1 Å². The highest BCUT2D eigenvalue weighted by atomic mass is 16.6. The monoisotopic (exact) mass is 243 g/mol. The predicted octanol–water partition coefficient (Wildman–Crippen LogP) is -1.47. The zero-order chi connectivity index (χ0) is 12.6. The van der Waals surface area contributed by atoms with E-state index in [2.05, 4.69) is 0 Å². The molecule has 0 bridgehead atoms. The molecule has 0 spiro atoms. The highest BCUT2D eigenvalue weighted by Gasteiger charge is 2.44. The second-order valence-electron chi connectivity index (χ2n) is 3.83. The number of furan rings is 1. The minimum Gasteiger partial charge on any atom is -0.453 e. The van der Waals surface area contributed by atoms with Crippen molar-refractivity contribution in [2.45, 2.75) is 24.4 Å². The van der Waals surface area contributed by atoms with E-state index in [0.717, 1.165) is 0 Å². The maximum atomic E-state index is 10.8. The molecule has 0 aliphatic carbocycles. The molecule has 4 atom stereocenters. The maximum absolute atomic E-state index is 10.8. The molecule has 0 unspecified atom stereocenters. The van der Waals surface area contributed by atoms with E-state index < -0.39 is 36.9 Å². The first-order valence-electron chi connectivity index (χ1n) is 5.06. The molecule has 17 heavy (non-hydrogen) atoms. The second kappa shape index (κ2) is 4.46. The van der Waals surface area contributed by atoms with E-state index in [0.29, 0.717) is 0 Å². The van der Waals surface area contributed by atoms with Gasteiger partial charge < -0.3 is 30.2 Å². The first-order valence-corrected chi connectivity index (χ1v) is 5.06. The van der Waals surface area contributed by atoms with E-state index >= 15 is 0 Å². The van der Waals surface area contributed by atoms with Crippen molar-refractivity contribution in [1.82, 2.24) is 0 Å². The van der Waals surface area contributed by atoms with Gasteiger partial charge in [0, 0.05) is 0 Å². The van der Waals surface area contributed by atoms with Gasteiger partial charge in [-0.05, 0) is 12.1 Å². The molecule has 1 fully saturated rings. The Labute approximate surface area is 96.4 Å². The first-order chi connectivity index (χ1) is 8.04. The summed E-state index contributed by atoms with van der Waals surface area (Å²) in [5, 5.41) is 28.1. The van der Waals surface area contributed by atoms with Crippen LogP contribution >= 0.6 is 0 Å². The fourth-order valence-electron chi connectivity index (χ4n) is 1.77.